The van der Waals surface area contributed by atoms with Crippen LogP contribution in [0.4, 0.5) is 0 Å². The van der Waals surface area contributed by atoms with Gasteiger partial charge in [0, 0.05) is 18.0 Å². The van der Waals surface area contributed by atoms with Gasteiger partial charge in [-0.25, -0.2) is 0 Å². The number of rotatable bonds is 1. The molecule has 3 rings (SSSR count). The van der Waals surface area contributed by atoms with E-state index in [1.807, 2.05) is 24.4 Å². The third-order valence-corrected chi connectivity index (χ3v) is 2.55. The van der Waals surface area contributed by atoms with Crippen LogP contribution in [0.1, 0.15) is 12.1 Å². The summed E-state index contributed by atoms with van der Waals surface area (Å²) >= 11 is 0. The maximum Gasteiger partial charge on any atom is 0.122 e. The van der Waals surface area contributed by atoms with Gasteiger partial charge in [0.2, 0.25) is 0 Å². The van der Waals surface area contributed by atoms with Crippen LogP contribution in [0.2, 0.25) is 0 Å². The monoisotopic (exact) mass is 198 g/mol. The molecule has 1 aromatic carbocycles. The first-order valence-electron chi connectivity index (χ1n) is 4.98. The van der Waals surface area contributed by atoms with E-state index in [1.165, 1.54) is 5.39 Å². The molecule has 3 heteroatoms. The van der Waals surface area contributed by atoms with Gasteiger partial charge < -0.3 is 4.84 Å². The second-order valence-corrected chi connectivity index (χ2v) is 3.50. The van der Waals surface area contributed by atoms with E-state index in [-0.39, 0.29) is 0 Å². The molecule has 0 amide bonds. The molecule has 2 heterocycles. The van der Waals surface area contributed by atoms with Crippen LogP contribution >= 0.6 is 0 Å². The largest absolute Gasteiger partial charge is 0.395 e. The second kappa shape index (κ2) is 3.35. The third kappa shape index (κ3) is 1.36. The van der Waals surface area contributed by atoms with Crippen LogP contribution < -0.4 is 0 Å². The normalized spacial score (nSPS) is 15.1. The average molecular weight is 198 g/mol. The van der Waals surface area contributed by atoms with E-state index in [0.29, 0.717) is 6.61 Å². The van der Waals surface area contributed by atoms with Gasteiger partial charge in [-0.15, -0.1) is 0 Å². The first-order chi connectivity index (χ1) is 7.45. The standard InChI is InChI=1S/C12H10N2O/c1-2-4-10-9(3-1)5-7-13-12(10)11-6-8-15-14-11/h1-5,7H,6,8H2. The molecule has 0 atom stereocenters. The van der Waals surface area contributed by atoms with Crippen molar-refractivity contribution in [2.45, 2.75) is 6.42 Å². The predicted molar refractivity (Wildman–Crippen MR) is 58.8 cm³/mol. The molecule has 1 aliphatic heterocycles. The highest BCUT2D eigenvalue weighted by Gasteiger charge is 2.14. The zero-order valence-electron chi connectivity index (χ0n) is 8.18. The summed E-state index contributed by atoms with van der Waals surface area (Å²) in [6.07, 6.45) is 2.67. The number of nitrogens with zero attached hydrogens (tertiary/aromatic N) is 2. The summed E-state index contributed by atoms with van der Waals surface area (Å²) in [5.74, 6) is 0. The van der Waals surface area contributed by atoms with E-state index in [1.54, 1.807) is 0 Å². The van der Waals surface area contributed by atoms with Gasteiger partial charge in [0.05, 0.1) is 5.69 Å². The summed E-state index contributed by atoms with van der Waals surface area (Å²) < 4.78 is 0. The van der Waals surface area contributed by atoms with E-state index in [0.717, 1.165) is 23.2 Å². The summed E-state index contributed by atoms with van der Waals surface area (Å²) in [5, 5.41) is 6.34. The Bertz CT molecular complexity index is 529. The van der Waals surface area contributed by atoms with Crippen molar-refractivity contribution in [3.8, 4) is 0 Å². The van der Waals surface area contributed by atoms with E-state index in [2.05, 4.69) is 22.3 Å². The minimum atomic E-state index is 0.667. The molecule has 0 bridgehead atoms. The van der Waals surface area contributed by atoms with Gasteiger partial charge in [0.1, 0.15) is 12.3 Å². The van der Waals surface area contributed by atoms with Crippen LogP contribution in [0, 0.1) is 0 Å². The lowest BCUT2D eigenvalue weighted by atomic mass is 10.1. The fourth-order valence-corrected chi connectivity index (χ4v) is 1.82. The van der Waals surface area contributed by atoms with Gasteiger partial charge in [0.25, 0.3) is 0 Å². The molecule has 0 spiro atoms. The number of pyridine rings is 1. The number of hydrogen-bond acceptors (Lipinski definition) is 3. The van der Waals surface area contributed by atoms with Crippen LogP contribution in [0.5, 0.6) is 0 Å². The van der Waals surface area contributed by atoms with Gasteiger partial charge in [-0.1, -0.05) is 29.4 Å². The molecule has 3 nitrogen and oxygen atoms in total. The topological polar surface area (TPSA) is 34.5 Å². The van der Waals surface area contributed by atoms with Gasteiger partial charge >= 0.3 is 0 Å². The molecule has 0 radical (unpaired) electrons. The molecular formula is C12H10N2O. The molecule has 2 aromatic rings. The minimum Gasteiger partial charge on any atom is -0.395 e. The van der Waals surface area contributed by atoms with Crippen molar-refractivity contribution in [3.05, 3.63) is 42.2 Å². The molecule has 1 aliphatic rings. The Hall–Kier alpha value is -1.90. The van der Waals surface area contributed by atoms with Crippen molar-refractivity contribution in [1.29, 1.82) is 0 Å². The van der Waals surface area contributed by atoms with Crippen molar-refractivity contribution in [1.82, 2.24) is 4.98 Å². The molecule has 0 saturated heterocycles. The predicted octanol–water partition coefficient (Wildman–Crippen LogP) is 2.36. The lowest BCUT2D eigenvalue weighted by Crippen LogP contribution is -2.01. The van der Waals surface area contributed by atoms with E-state index < -0.39 is 0 Å². The SMILES string of the molecule is c1ccc2c(C3=NOCC3)nccc2c1. The van der Waals surface area contributed by atoms with Crippen molar-refractivity contribution in [2.24, 2.45) is 5.16 Å². The van der Waals surface area contributed by atoms with Crippen LogP contribution in [-0.4, -0.2) is 17.3 Å². The van der Waals surface area contributed by atoms with Gasteiger partial charge in [-0.3, -0.25) is 4.98 Å². The number of fused-ring (bicyclic) bond motifs is 1. The van der Waals surface area contributed by atoms with Crippen molar-refractivity contribution >= 4 is 16.5 Å². The number of aromatic nitrogens is 1. The highest BCUT2D eigenvalue weighted by molar-refractivity contribution is 6.09. The molecule has 0 fully saturated rings. The molecule has 74 valence electrons. The lowest BCUT2D eigenvalue weighted by Gasteiger charge is -2.02. The minimum absolute atomic E-state index is 0.667. The maximum atomic E-state index is 5.01. The summed E-state index contributed by atoms with van der Waals surface area (Å²) in [7, 11) is 0. The second-order valence-electron chi connectivity index (χ2n) is 3.50. The van der Waals surface area contributed by atoms with E-state index in [4.69, 9.17) is 4.84 Å². The fourth-order valence-electron chi connectivity index (χ4n) is 1.82. The van der Waals surface area contributed by atoms with Crippen molar-refractivity contribution in [2.75, 3.05) is 6.61 Å². The highest BCUT2D eigenvalue weighted by atomic mass is 16.6. The Morgan fingerprint density at radius 3 is 2.93 bits per heavy atom. The lowest BCUT2D eigenvalue weighted by molar-refractivity contribution is 0.174. The smallest absolute Gasteiger partial charge is 0.122 e. The van der Waals surface area contributed by atoms with E-state index in [9.17, 15) is 0 Å². The van der Waals surface area contributed by atoms with Gasteiger partial charge in [-0.05, 0) is 11.5 Å². The third-order valence-electron chi connectivity index (χ3n) is 2.55. The summed E-state index contributed by atoms with van der Waals surface area (Å²) in [5.41, 5.74) is 1.90. The number of benzene rings is 1. The Kier molecular flexibility index (Phi) is 1.88. The first-order valence-corrected chi connectivity index (χ1v) is 4.98. The highest BCUT2D eigenvalue weighted by Crippen LogP contribution is 2.19. The zero-order chi connectivity index (χ0) is 10.1. The van der Waals surface area contributed by atoms with E-state index >= 15 is 0 Å². The Labute approximate surface area is 87.4 Å². The van der Waals surface area contributed by atoms with Crippen LogP contribution in [0.25, 0.3) is 10.8 Å². The summed E-state index contributed by atoms with van der Waals surface area (Å²) in [6, 6.07) is 10.2. The van der Waals surface area contributed by atoms with Crippen LogP contribution in [0.15, 0.2) is 41.7 Å². The zero-order valence-corrected chi connectivity index (χ0v) is 8.18. The molecule has 0 saturated carbocycles. The maximum absolute atomic E-state index is 5.01. The Morgan fingerprint density at radius 1 is 1.13 bits per heavy atom. The summed E-state index contributed by atoms with van der Waals surface area (Å²) in [4.78, 5) is 9.39. The molecule has 0 unspecified atom stereocenters. The molecule has 1 aromatic heterocycles. The number of oxime groups is 1. The quantitative estimate of drug-likeness (QED) is 0.705. The molecular weight excluding hydrogens is 188 g/mol. The number of hydrogen-bond donors (Lipinski definition) is 0. The average Bonchev–Trinajstić information content (AvgIpc) is 2.82. The molecule has 0 N–H and O–H groups in total. The van der Waals surface area contributed by atoms with Crippen LogP contribution in [0.3, 0.4) is 0 Å². The van der Waals surface area contributed by atoms with Gasteiger partial charge in [0.15, 0.2) is 0 Å². The first kappa shape index (κ1) is 8.41. The summed E-state index contributed by atoms with van der Waals surface area (Å²) in [6.45, 7) is 0.667. The molecule has 15 heavy (non-hydrogen) atoms. The van der Waals surface area contributed by atoms with Crippen molar-refractivity contribution in [3.63, 3.8) is 0 Å². The van der Waals surface area contributed by atoms with Gasteiger partial charge in [-0.2, -0.15) is 0 Å². The van der Waals surface area contributed by atoms with Crippen LogP contribution in [-0.2, 0) is 4.84 Å². The Balaban J connectivity index is 2.26. The fraction of sp³-hybridized carbons (Fsp3) is 0.167. The van der Waals surface area contributed by atoms with Crippen molar-refractivity contribution < 1.29 is 4.84 Å². The molecule has 0 aliphatic carbocycles. The Morgan fingerprint density at radius 2 is 2.07 bits per heavy atom.